The van der Waals surface area contributed by atoms with Gasteiger partial charge in [0.05, 0.1) is 17.3 Å². The average Bonchev–Trinajstić information content (AvgIpc) is 2.94. The van der Waals surface area contributed by atoms with Crippen LogP contribution < -0.4 is 5.32 Å². The Balaban J connectivity index is 1.70. The van der Waals surface area contributed by atoms with Crippen LogP contribution in [0.25, 0.3) is 0 Å². The Morgan fingerprint density at radius 2 is 2.09 bits per heavy atom. The summed E-state index contributed by atoms with van der Waals surface area (Å²) < 4.78 is 1.74. The maximum absolute atomic E-state index is 12.5. The van der Waals surface area contributed by atoms with Crippen LogP contribution in [0.1, 0.15) is 57.6 Å². The number of rotatable bonds is 3. The summed E-state index contributed by atoms with van der Waals surface area (Å²) in [6.07, 6.45) is 5.43. The van der Waals surface area contributed by atoms with Crippen molar-refractivity contribution in [1.29, 1.82) is 0 Å². The first kappa shape index (κ1) is 15.3. The van der Waals surface area contributed by atoms with E-state index in [0.29, 0.717) is 12.5 Å². The molecular weight excluding hydrogens is 280 g/mol. The molecule has 0 spiro atoms. The van der Waals surface area contributed by atoms with Gasteiger partial charge in [-0.05, 0) is 39.5 Å². The summed E-state index contributed by atoms with van der Waals surface area (Å²) in [5.74, 6) is 1.28. The van der Waals surface area contributed by atoms with Crippen LogP contribution in [0.2, 0.25) is 0 Å². The summed E-state index contributed by atoms with van der Waals surface area (Å²) in [5, 5.41) is 17.7. The van der Waals surface area contributed by atoms with Crippen LogP contribution in [0.5, 0.6) is 0 Å². The number of urea groups is 1. The number of hydrogen-bond donors (Lipinski definition) is 2. The van der Waals surface area contributed by atoms with Crippen LogP contribution in [-0.4, -0.2) is 44.0 Å². The molecule has 0 aromatic carbocycles. The lowest BCUT2D eigenvalue weighted by molar-refractivity contribution is 0.0117. The van der Waals surface area contributed by atoms with E-state index in [0.717, 1.165) is 24.4 Å². The predicted molar refractivity (Wildman–Crippen MR) is 84.8 cm³/mol. The van der Waals surface area contributed by atoms with Crippen molar-refractivity contribution in [3.63, 3.8) is 0 Å². The van der Waals surface area contributed by atoms with Gasteiger partial charge < -0.3 is 10.0 Å². The molecule has 122 valence electrons. The molecule has 22 heavy (non-hydrogen) atoms. The van der Waals surface area contributed by atoms with E-state index in [4.69, 9.17) is 0 Å². The highest BCUT2D eigenvalue weighted by Crippen LogP contribution is 2.36. The molecule has 1 saturated carbocycles. The highest BCUT2D eigenvalue weighted by Gasteiger charge is 2.38. The van der Waals surface area contributed by atoms with Crippen LogP contribution in [-0.2, 0) is 7.05 Å². The van der Waals surface area contributed by atoms with Crippen molar-refractivity contribution < 1.29 is 9.90 Å². The first-order valence-electron chi connectivity index (χ1n) is 8.20. The number of aliphatic hydroxyl groups is 1. The molecule has 3 rings (SSSR count). The van der Waals surface area contributed by atoms with Gasteiger partial charge in [0, 0.05) is 25.6 Å². The summed E-state index contributed by atoms with van der Waals surface area (Å²) in [4.78, 5) is 14.3. The van der Waals surface area contributed by atoms with Gasteiger partial charge in [0.1, 0.15) is 5.82 Å². The molecule has 1 unspecified atom stereocenters. The number of likely N-dealkylation sites (tertiary alicyclic amines) is 1. The molecule has 6 heteroatoms. The molecule has 1 atom stereocenters. The third kappa shape index (κ3) is 2.84. The van der Waals surface area contributed by atoms with Crippen molar-refractivity contribution in [2.75, 3.05) is 11.9 Å². The second-order valence-electron chi connectivity index (χ2n) is 7.14. The lowest BCUT2D eigenvalue weighted by Gasteiger charge is -2.33. The van der Waals surface area contributed by atoms with Crippen LogP contribution >= 0.6 is 0 Å². The van der Waals surface area contributed by atoms with E-state index >= 15 is 0 Å². The molecule has 1 aromatic heterocycles. The highest BCUT2D eigenvalue weighted by atomic mass is 16.3. The normalized spacial score (nSPS) is 22.7. The number of nitrogens with zero attached hydrogens (tertiary/aromatic N) is 3. The zero-order chi connectivity index (χ0) is 15.9. The van der Waals surface area contributed by atoms with Crippen LogP contribution in [0, 0.1) is 0 Å². The lowest BCUT2D eigenvalue weighted by Crippen LogP contribution is -2.49. The average molecular weight is 306 g/mol. The molecule has 0 radical (unpaired) electrons. The quantitative estimate of drug-likeness (QED) is 0.901. The minimum absolute atomic E-state index is 0.133. The summed E-state index contributed by atoms with van der Waals surface area (Å²) in [5.41, 5.74) is 0.196. The molecule has 2 fully saturated rings. The van der Waals surface area contributed by atoms with Crippen molar-refractivity contribution in [3.05, 3.63) is 11.8 Å². The van der Waals surface area contributed by atoms with E-state index in [1.165, 1.54) is 19.3 Å². The standard InChI is InChI=1S/C16H26N4O2/c1-16(2,22)13-8-5-9-20(13)15(21)17-14-10-12(18-19(14)3)11-6-4-7-11/h10-11,13,22H,4-9H2,1-3H3,(H,17,21). The molecular formula is C16H26N4O2. The van der Waals surface area contributed by atoms with Gasteiger partial charge in [-0.1, -0.05) is 6.42 Å². The lowest BCUT2D eigenvalue weighted by atomic mass is 9.83. The number of hydrogen-bond acceptors (Lipinski definition) is 3. The fourth-order valence-electron chi connectivity index (χ4n) is 3.44. The number of aryl methyl sites for hydroxylation is 1. The van der Waals surface area contributed by atoms with Crippen molar-refractivity contribution >= 4 is 11.8 Å². The zero-order valence-corrected chi connectivity index (χ0v) is 13.7. The fraction of sp³-hybridized carbons (Fsp3) is 0.750. The zero-order valence-electron chi connectivity index (χ0n) is 13.7. The van der Waals surface area contributed by atoms with Gasteiger partial charge in [-0.25, -0.2) is 4.79 Å². The Bertz CT molecular complexity index is 557. The van der Waals surface area contributed by atoms with Crippen molar-refractivity contribution in [2.45, 2.75) is 63.5 Å². The summed E-state index contributed by atoms with van der Waals surface area (Å²) in [6, 6.07) is 1.70. The Morgan fingerprint density at radius 1 is 1.36 bits per heavy atom. The molecule has 2 heterocycles. The van der Waals surface area contributed by atoms with Gasteiger partial charge in [0.15, 0.2) is 0 Å². The number of carbonyl (C=O) groups excluding carboxylic acids is 1. The maximum atomic E-state index is 12.5. The Morgan fingerprint density at radius 3 is 2.68 bits per heavy atom. The monoisotopic (exact) mass is 306 g/mol. The van der Waals surface area contributed by atoms with Gasteiger partial charge in [-0.2, -0.15) is 5.10 Å². The van der Waals surface area contributed by atoms with Crippen LogP contribution in [0.4, 0.5) is 10.6 Å². The molecule has 1 aliphatic heterocycles. The van der Waals surface area contributed by atoms with Gasteiger partial charge in [-0.3, -0.25) is 10.00 Å². The SMILES string of the molecule is Cn1nc(C2CCC2)cc1NC(=O)N1CCCC1C(C)(C)O. The Labute approximate surface area is 131 Å². The van der Waals surface area contributed by atoms with Crippen molar-refractivity contribution in [3.8, 4) is 0 Å². The van der Waals surface area contributed by atoms with Gasteiger partial charge >= 0.3 is 6.03 Å². The number of amides is 2. The summed E-state index contributed by atoms with van der Waals surface area (Å²) in [7, 11) is 1.86. The molecule has 2 N–H and O–H groups in total. The molecule has 2 amide bonds. The van der Waals surface area contributed by atoms with E-state index in [1.54, 1.807) is 23.4 Å². The molecule has 0 bridgehead atoms. The molecule has 1 saturated heterocycles. The van der Waals surface area contributed by atoms with E-state index in [-0.39, 0.29) is 12.1 Å². The summed E-state index contributed by atoms with van der Waals surface area (Å²) >= 11 is 0. The topological polar surface area (TPSA) is 70.4 Å². The smallest absolute Gasteiger partial charge is 0.323 e. The van der Waals surface area contributed by atoms with Crippen molar-refractivity contribution in [2.24, 2.45) is 7.05 Å². The minimum Gasteiger partial charge on any atom is -0.388 e. The van der Waals surface area contributed by atoms with Crippen LogP contribution in [0.15, 0.2) is 6.07 Å². The third-order valence-electron chi connectivity index (χ3n) is 4.99. The number of nitrogens with one attached hydrogen (secondary N) is 1. The highest BCUT2D eigenvalue weighted by molar-refractivity contribution is 5.89. The van der Waals surface area contributed by atoms with E-state index in [9.17, 15) is 9.90 Å². The molecule has 1 aliphatic carbocycles. The summed E-state index contributed by atoms with van der Waals surface area (Å²) in [6.45, 7) is 4.22. The van der Waals surface area contributed by atoms with E-state index in [2.05, 4.69) is 10.4 Å². The fourth-order valence-corrected chi connectivity index (χ4v) is 3.44. The number of anilines is 1. The molecule has 1 aromatic rings. The first-order chi connectivity index (χ1) is 10.4. The van der Waals surface area contributed by atoms with E-state index in [1.807, 2.05) is 13.1 Å². The Kier molecular flexibility index (Phi) is 3.89. The third-order valence-corrected chi connectivity index (χ3v) is 4.99. The van der Waals surface area contributed by atoms with Crippen molar-refractivity contribution in [1.82, 2.24) is 14.7 Å². The first-order valence-corrected chi connectivity index (χ1v) is 8.20. The Hall–Kier alpha value is -1.56. The second kappa shape index (κ2) is 5.57. The largest absolute Gasteiger partial charge is 0.388 e. The number of aromatic nitrogens is 2. The van der Waals surface area contributed by atoms with Gasteiger partial charge in [0.25, 0.3) is 0 Å². The minimum atomic E-state index is -0.878. The molecule has 6 nitrogen and oxygen atoms in total. The van der Waals surface area contributed by atoms with E-state index < -0.39 is 5.60 Å². The molecule has 2 aliphatic rings. The van der Waals surface area contributed by atoms with Gasteiger partial charge in [-0.15, -0.1) is 0 Å². The van der Waals surface area contributed by atoms with Gasteiger partial charge in [0.2, 0.25) is 0 Å². The second-order valence-corrected chi connectivity index (χ2v) is 7.14. The number of carbonyl (C=O) groups is 1. The van der Waals surface area contributed by atoms with Crippen LogP contribution in [0.3, 0.4) is 0 Å². The maximum Gasteiger partial charge on any atom is 0.323 e. The predicted octanol–water partition coefficient (Wildman–Crippen LogP) is 2.45.